The summed E-state index contributed by atoms with van der Waals surface area (Å²) in [5.41, 5.74) is 0.379. The van der Waals surface area contributed by atoms with Crippen LogP contribution in [0.4, 0.5) is 0 Å². The predicted octanol–water partition coefficient (Wildman–Crippen LogP) is 1.59. The molecule has 5 unspecified atom stereocenters. The van der Waals surface area contributed by atoms with Crippen molar-refractivity contribution in [2.45, 2.75) is 78.7 Å². The number of hydrogen-bond donors (Lipinski definition) is 0. The van der Waals surface area contributed by atoms with Crippen LogP contribution < -0.4 is 10.4 Å². The lowest BCUT2D eigenvalue weighted by atomic mass is 9.97. The Bertz CT molecular complexity index is 1440. The first-order valence-corrected chi connectivity index (χ1v) is 12.8. The van der Waals surface area contributed by atoms with E-state index in [1.807, 2.05) is 0 Å². The monoisotopic (exact) mass is 592 g/mol. The van der Waals surface area contributed by atoms with Gasteiger partial charge in [0.05, 0.1) is 24.5 Å². The van der Waals surface area contributed by atoms with Gasteiger partial charge in [-0.25, -0.2) is 4.79 Å². The summed E-state index contributed by atoms with van der Waals surface area (Å²) in [4.78, 5) is 72.5. The van der Waals surface area contributed by atoms with Crippen LogP contribution in [-0.4, -0.2) is 74.3 Å². The van der Waals surface area contributed by atoms with E-state index in [1.54, 1.807) is 26.0 Å². The number of hydrogen-bond acceptors (Lipinski definition) is 14. The Kier molecular flexibility index (Phi) is 10.3. The summed E-state index contributed by atoms with van der Waals surface area (Å²) in [6, 6.07) is 3.18. The van der Waals surface area contributed by atoms with Crippen LogP contribution in [0.1, 0.15) is 44.4 Å². The van der Waals surface area contributed by atoms with Gasteiger partial charge in [0.15, 0.2) is 12.2 Å². The van der Waals surface area contributed by atoms with Crippen LogP contribution >= 0.6 is 0 Å². The number of methoxy groups -OCH3 is 1. The van der Waals surface area contributed by atoms with Crippen LogP contribution in [0.15, 0.2) is 21.3 Å². The van der Waals surface area contributed by atoms with E-state index in [0.29, 0.717) is 16.5 Å². The minimum absolute atomic E-state index is 0.0320. The Balaban J connectivity index is 2.18. The normalized spacial score (nSPS) is 21.6. The summed E-state index contributed by atoms with van der Waals surface area (Å²) in [7, 11) is 1.18. The molecular formula is C28H32O14. The number of fused-ring (bicyclic) bond motifs is 1. The van der Waals surface area contributed by atoms with Crippen LogP contribution in [0.3, 0.4) is 0 Å². The van der Waals surface area contributed by atoms with Crippen LogP contribution in [-0.2, 0) is 58.8 Å². The fourth-order valence-corrected chi connectivity index (χ4v) is 4.56. The fourth-order valence-electron chi connectivity index (χ4n) is 4.56. The van der Waals surface area contributed by atoms with Gasteiger partial charge in [-0.1, -0.05) is 0 Å². The molecule has 0 radical (unpaired) electrons. The second-order valence-corrected chi connectivity index (χ2v) is 9.57. The summed E-state index contributed by atoms with van der Waals surface area (Å²) in [5, 5.41) is 0.298. The Morgan fingerprint density at radius 2 is 1.43 bits per heavy atom. The maximum Gasteiger partial charge on any atom is 0.340 e. The van der Waals surface area contributed by atoms with Crippen LogP contribution in [0.25, 0.3) is 11.0 Å². The molecule has 228 valence electrons. The largest absolute Gasteiger partial charge is 0.469 e. The Labute approximate surface area is 240 Å². The molecule has 5 atom stereocenters. The molecule has 0 aliphatic carbocycles. The third-order valence-electron chi connectivity index (χ3n) is 6.23. The minimum atomic E-state index is -1.52. The van der Waals surface area contributed by atoms with Crippen molar-refractivity contribution in [1.29, 1.82) is 0 Å². The molecule has 1 aromatic carbocycles. The van der Waals surface area contributed by atoms with Gasteiger partial charge in [0, 0.05) is 27.7 Å². The molecule has 2 heterocycles. The zero-order chi connectivity index (χ0) is 31.3. The van der Waals surface area contributed by atoms with Gasteiger partial charge in [-0.05, 0) is 37.1 Å². The van der Waals surface area contributed by atoms with Crippen LogP contribution in [0, 0.1) is 13.8 Å². The summed E-state index contributed by atoms with van der Waals surface area (Å²) >= 11 is 0. The summed E-state index contributed by atoms with van der Waals surface area (Å²) in [6.07, 6.45) is -7.41. The van der Waals surface area contributed by atoms with Gasteiger partial charge in [0.1, 0.15) is 24.0 Å². The third kappa shape index (κ3) is 7.63. The lowest BCUT2D eigenvalue weighted by Gasteiger charge is -2.44. The van der Waals surface area contributed by atoms with E-state index in [2.05, 4.69) is 0 Å². The van der Waals surface area contributed by atoms with Gasteiger partial charge in [0.2, 0.25) is 12.4 Å². The highest BCUT2D eigenvalue weighted by atomic mass is 16.7. The zero-order valence-electron chi connectivity index (χ0n) is 24.2. The van der Waals surface area contributed by atoms with Crippen LogP contribution in [0.5, 0.6) is 5.75 Å². The number of rotatable bonds is 9. The van der Waals surface area contributed by atoms with E-state index in [1.165, 1.54) is 7.11 Å². The van der Waals surface area contributed by atoms with Gasteiger partial charge in [-0.2, -0.15) is 0 Å². The van der Waals surface area contributed by atoms with Gasteiger partial charge in [0.25, 0.3) is 0 Å². The molecule has 1 aliphatic rings. The first kappa shape index (κ1) is 32.1. The number of carbonyl (C=O) groups excluding carboxylic acids is 5. The molecule has 0 N–H and O–H groups in total. The lowest BCUT2D eigenvalue weighted by Crippen LogP contribution is -2.63. The number of carbonyl (C=O) groups is 5. The van der Waals surface area contributed by atoms with E-state index in [9.17, 15) is 28.8 Å². The zero-order valence-corrected chi connectivity index (χ0v) is 24.2. The Morgan fingerprint density at radius 3 is 2.00 bits per heavy atom. The number of aryl methyl sites for hydroxylation is 2. The summed E-state index contributed by atoms with van der Waals surface area (Å²) in [5.74, 6) is -3.62. The first-order valence-electron chi connectivity index (χ1n) is 12.8. The average Bonchev–Trinajstić information content (AvgIpc) is 2.87. The number of esters is 5. The highest BCUT2D eigenvalue weighted by molar-refractivity contribution is 5.89. The van der Waals surface area contributed by atoms with E-state index in [-0.39, 0.29) is 23.3 Å². The summed E-state index contributed by atoms with van der Waals surface area (Å²) in [6.45, 7) is 7.33. The molecule has 0 saturated carbocycles. The quantitative estimate of drug-likeness (QED) is 0.233. The standard InChI is InChI=1S/C28H32O14/c1-12-8-19-23(13(2)18(27(34)40-19)10-22(33)35-7)20(9-12)41-28-26(39-17(6)32)25(38-16(5)31)24(37-15(4)30)21(42-28)11-36-14(3)29/h8-9,21,24-26,28H,10-11H2,1-7H3. The number of ether oxygens (including phenoxy) is 7. The maximum atomic E-state index is 12.7. The second kappa shape index (κ2) is 13.5. The minimum Gasteiger partial charge on any atom is -0.469 e. The van der Waals surface area contributed by atoms with Gasteiger partial charge in [-0.15, -0.1) is 0 Å². The van der Waals surface area contributed by atoms with Gasteiger partial charge < -0.3 is 37.6 Å². The molecule has 1 aliphatic heterocycles. The highest BCUT2D eigenvalue weighted by Crippen LogP contribution is 2.36. The first-order chi connectivity index (χ1) is 19.7. The molecule has 14 nitrogen and oxygen atoms in total. The SMILES string of the molecule is COC(=O)Cc1c(C)c2c(OC3OC(COC(C)=O)C(OC(C)=O)C(OC(C)=O)C3OC(C)=O)cc(C)cc2oc1=O. The van der Waals surface area contributed by atoms with Crippen molar-refractivity contribution in [3.8, 4) is 5.75 Å². The third-order valence-corrected chi connectivity index (χ3v) is 6.23. The molecule has 14 heteroatoms. The lowest BCUT2D eigenvalue weighted by molar-refractivity contribution is -0.288. The summed E-state index contributed by atoms with van der Waals surface area (Å²) < 4.78 is 43.8. The molecular weight excluding hydrogens is 560 g/mol. The molecule has 2 aromatic rings. The highest BCUT2D eigenvalue weighted by Gasteiger charge is 2.53. The molecule has 3 rings (SSSR count). The van der Waals surface area contributed by atoms with E-state index >= 15 is 0 Å². The van der Waals surface area contributed by atoms with Crippen molar-refractivity contribution in [2.24, 2.45) is 0 Å². The molecule has 1 aromatic heterocycles. The smallest absolute Gasteiger partial charge is 0.340 e. The van der Waals surface area contributed by atoms with E-state index in [4.69, 9.17) is 37.6 Å². The van der Waals surface area contributed by atoms with E-state index < -0.39 is 72.8 Å². The predicted molar refractivity (Wildman–Crippen MR) is 140 cm³/mol. The molecule has 1 fully saturated rings. The Hall–Kier alpha value is -4.46. The number of benzene rings is 1. The molecule has 0 amide bonds. The van der Waals surface area contributed by atoms with Crippen molar-refractivity contribution < 1.29 is 61.5 Å². The second-order valence-electron chi connectivity index (χ2n) is 9.57. The topological polar surface area (TPSA) is 180 Å². The maximum absolute atomic E-state index is 12.7. The molecule has 0 bridgehead atoms. The Morgan fingerprint density at radius 1 is 0.833 bits per heavy atom. The van der Waals surface area contributed by atoms with Gasteiger partial charge >= 0.3 is 35.5 Å². The van der Waals surface area contributed by atoms with Crippen molar-refractivity contribution in [2.75, 3.05) is 13.7 Å². The molecule has 1 saturated heterocycles. The van der Waals surface area contributed by atoms with E-state index in [0.717, 1.165) is 27.7 Å². The van der Waals surface area contributed by atoms with Crippen molar-refractivity contribution in [1.82, 2.24) is 0 Å². The van der Waals surface area contributed by atoms with Crippen molar-refractivity contribution >= 4 is 40.8 Å². The molecule has 42 heavy (non-hydrogen) atoms. The fraction of sp³-hybridized carbons (Fsp3) is 0.500. The van der Waals surface area contributed by atoms with Crippen molar-refractivity contribution in [3.05, 3.63) is 39.2 Å². The van der Waals surface area contributed by atoms with Crippen molar-refractivity contribution in [3.63, 3.8) is 0 Å². The average molecular weight is 593 g/mol. The van der Waals surface area contributed by atoms with Gasteiger partial charge in [-0.3, -0.25) is 24.0 Å². The molecule has 0 spiro atoms. The van der Waals surface area contributed by atoms with Crippen LogP contribution in [0.2, 0.25) is 0 Å².